The lowest BCUT2D eigenvalue weighted by atomic mass is 10.00. The van der Waals surface area contributed by atoms with Crippen LogP contribution in [-0.4, -0.2) is 35.2 Å². The van der Waals surface area contributed by atoms with Crippen molar-refractivity contribution in [3.8, 4) is 0 Å². The van der Waals surface area contributed by atoms with Crippen LogP contribution in [0.3, 0.4) is 0 Å². The van der Waals surface area contributed by atoms with Gasteiger partial charge < -0.3 is 15.3 Å². The fourth-order valence-electron chi connectivity index (χ4n) is 3.23. The molecule has 1 heterocycles. The molecule has 0 aliphatic carbocycles. The van der Waals surface area contributed by atoms with Gasteiger partial charge in [-0.3, -0.25) is 0 Å². The van der Waals surface area contributed by atoms with E-state index >= 15 is 0 Å². The van der Waals surface area contributed by atoms with E-state index in [1.807, 2.05) is 35.2 Å². The van der Waals surface area contributed by atoms with Crippen molar-refractivity contribution in [1.82, 2.24) is 10.2 Å². The molecule has 1 aliphatic heterocycles. The number of benzene rings is 1. The first-order valence-corrected chi connectivity index (χ1v) is 8.49. The summed E-state index contributed by atoms with van der Waals surface area (Å²) in [6.45, 7) is 3.16. The topological polar surface area (TPSA) is 52.6 Å². The lowest BCUT2D eigenvalue weighted by Gasteiger charge is -2.36. The second-order valence-electron chi connectivity index (χ2n) is 6.03. The Morgan fingerprint density at radius 2 is 2.14 bits per heavy atom. The van der Waals surface area contributed by atoms with Crippen LogP contribution in [0.2, 0.25) is 0 Å². The molecule has 122 valence electrons. The van der Waals surface area contributed by atoms with Crippen molar-refractivity contribution in [2.75, 3.05) is 13.2 Å². The summed E-state index contributed by atoms with van der Waals surface area (Å²) in [6.07, 6.45) is 5.88. The van der Waals surface area contributed by atoms with Crippen molar-refractivity contribution < 1.29 is 9.90 Å². The van der Waals surface area contributed by atoms with E-state index < -0.39 is 0 Å². The Morgan fingerprint density at radius 3 is 2.82 bits per heavy atom. The highest BCUT2D eigenvalue weighted by molar-refractivity contribution is 5.75. The van der Waals surface area contributed by atoms with E-state index in [0.29, 0.717) is 12.5 Å². The summed E-state index contributed by atoms with van der Waals surface area (Å²) in [7, 11) is 0. The molecular formula is C18H28N2O2. The molecule has 2 rings (SSSR count). The van der Waals surface area contributed by atoms with Crippen molar-refractivity contribution in [1.29, 1.82) is 0 Å². The largest absolute Gasteiger partial charge is 0.396 e. The highest BCUT2D eigenvalue weighted by Crippen LogP contribution is 2.22. The molecule has 1 aliphatic rings. The SMILES string of the molecule is CCC1CCCCN1C(=O)NC(CCCO)c1ccccc1. The smallest absolute Gasteiger partial charge is 0.318 e. The van der Waals surface area contributed by atoms with Gasteiger partial charge in [-0.25, -0.2) is 4.79 Å². The van der Waals surface area contributed by atoms with Gasteiger partial charge in [-0.1, -0.05) is 37.3 Å². The fraction of sp³-hybridized carbons (Fsp3) is 0.611. The maximum atomic E-state index is 12.7. The number of amides is 2. The van der Waals surface area contributed by atoms with Crippen LogP contribution >= 0.6 is 0 Å². The Morgan fingerprint density at radius 1 is 1.36 bits per heavy atom. The van der Waals surface area contributed by atoms with Crippen LogP contribution in [0.1, 0.15) is 57.1 Å². The zero-order chi connectivity index (χ0) is 15.8. The molecule has 4 nitrogen and oxygen atoms in total. The third-order valence-corrected chi connectivity index (χ3v) is 4.51. The minimum absolute atomic E-state index is 0.0275. The first kappa shape index (κ1) is 16.8. The number of hydrogen-bond donors (Lipinski definition) is 2. The molecule has 0 saturated carbocycles. The van der Waals surface area contributed by atoms with Gasteiger partial charge >= 0.3 is 6.03 Å². The highest BCUT2D eigenvalue weighted by Gasteiger charge is 2.26. The number of urea groups is 1. The third kappa shape index (κ3) is 4.47. The number of nitrogens with one attached hydrogen (secondary N) is 1. The average molecular weight is 304 g/mol. The second kappa shape index (κ2) is 8.79. The molecule has 2 N–H and O–H groups in total. The molecule has 2 amide bonds. The van der Waals surface area contributed by atoms with Gasteiger partial charge in [-0.05, 0) is 44.1 Å². The Balaban J connectivity index is 2.04. The van der Waals surface area contributed by atoms with E-state index in [9.17, 15) is 4.79 Å². The number of likely N-dealkylation sites (tertiary alicyclic amines) is 1. The number of hydrogen-bond acceptors (Lipinski definition) is 2. The summed E-state index contributed by atoms with van der Waals surface area (Å²) in [4.78, 5) is 14.7. The van der Waals surface area contributed by atoms with E-state index in [1.165, 1.54) is 6.42 Å². The van der Waals surface area contributed by atoms with Gasteiger partial charge in [0.2, 0.25) is 0 Å². The zero-order valence-electron chi connectivity index (χ0n) is 13.5. The first-order chi connectivity index (χ1) is 10.8. The third-order valence-electron chi connectivity index (χ3n) is 4.51. The Labute approximate surface area is 133 Å². The second-order valence-corrected chi connectivity index (χ2v) is 6.03. The molecule has 4 heteroatoms. The van der Waals surface area contributed by atoms with Crippen LogP contribution < -0.4 is 5.32 Å². The van der Waals surface area contributed by atoms with Gasteiger partial charge in [0.05, 0.1) is 6.04 Å². The molecule has 2 atom stereocenters. The van der Waals surface area contributed by atoms with Gasteiger partial charge in [-0.2, -0.15) is 0 Å². The van der Waals surface area contributed by atoms with Crippen LogP contribution in [0, 0.1) is 0 Å². The summed E-state index contributed by atoms with van der Waals surface area (Å²) in [5.74, 6) is 0. The lowest BCUT2D eigenvalue weighted by molar-refractivity contribution is 0.144. The van der Waals surface area contributed by atoms with Crippen molar-refractivity contribution in [2.45, 2.75) is 57.5 Å². The predicted octanol–water partition coefficient (Wildman–Crippen LogP) is 3.47. The van der Waals surface area contributed by atoms with Gasteiger partial charge in [0, 0.05) is 19.2 Å². The summed E-state index contributed by atoms with van der Waals surface area (Å²) in [6, 6.07) is 10.4. The van der Waals surface area contributed by atoms with Crippen LogP contribution in [0.4, 0.5) is 4.79 Å². The van der Waals surface area contributed by atoms with E-state index in [0.717, 1.165) is 37.8 Å². The summed E-state index contributed by atoms with van der Waals surface area (Å²) in [5.41, 5.74) is 1.11. The summed E-state index contributed by atoms with van der Waals surface area (Å²) >= 11 is 0. The number of piperidine rings is 1. The van der Waals surface area contributed by atoms with Crippen LogP contribution in [0.15, 0.2) is 30.3 Å². The summed E-state index contributed by atoms with van der Waals surface area (Å²) < 4.78 is 0. The molecular weight excluding hydrogens is 276 g/mol. The Hall–Kier alpha value is -1.55. The predicted molar refractivity (Wildman–Crippen MR) is 88.7 cm³/mol. The number of carbonyl (C=O) groups is 1. The van der Waals surface area contributed by atoms with E-state index in [4.69, 9.17) is 5.11 Å². The molecule has 0 aromatic heterocycles. The molecule has 1 aromatic carbocycles. The number of aliphatic hydroxyl groups is 1. The quantitative estimate of drug-likeness (QED) is 0.845. The molecule has 22 heavy (non-hydrogen) atoms. The van der Waals surface area contributed by atoms with Crippen LogP contribution in [0.5, 0.6) is 0 Å². The van der Waals surface area contributed by atoms with Gasteiger partial charge in [0.1, 0.15) is 0 Å². The molecule has 0 radical (unpaired) electrons. The number of nitrogens with zero attached hydrogens (tertiary/aromatic N) is 1. The van der Waals surface area contributed by atoms with Gasteiger partial charge in [0.15, 0.2) is 0 Å². The zero-order valence-corrected chi connectivity index (χ0v) is 13.5. The van der Waals surface area contributed by atoms with E-state index in [-0.39, 0.29) is 18.7 Å². The minimum atomic E-state index is -0.0275. The molecule has 1 fully saturated rings. The lowest BCUT2D eigenvalue weighted by Crippen LogP contribution is -2.49. The molecule has 0 bridgehead atoms. The van der Waals surface area contributed by atoms with E-state index in [2.05, 4.69) is 12.2 Å². The van der Waals surface area contributed by atoms with Crippen molar-refractivity contribution >= 4 is 6.03 Å². The fourth-order valence-corrected chi connectivity index (χ4v) is 3.23. The molecule has 1 aromatic rings. The van der Waals surface area contributed by atoms with Crippen molar-refractivity contribution in [3.63, 3.8) is 0 Å². The van der Waals surface area contributed by atoms with Crippen molar-refractivity contribution in [2.24, 2.45) is 0 Å². The van der Waals surface area contributed by atoms with Gasteiger partial charge in [0.25, 0.3) is 0 Å². The normalized spacial score (nSPS) is 19.7. The molecule has 2 unspecified atom stereocenters. The maximum absolute atomic E-state index is 12.7. The summed E-state index contributed by atoms with van der Waals surface area (Å²) in [5, 5.41) is 12.3. The van der Waals surface area contributed by atoms with Crippen LogP contribution in [0.25, 0.3) is 0 Å². The number of aliphatic hydroxyl groups excluding tert-OH is 1. The molecule has 0 spiro atoms. The first-order valence-electron chi connectivity index (χ1n) is 8.49. The molecule has 1 saturated heterocycles. The Bertz CT molecular complexity index is 450. The van der Waals surface area contributed by atoms with Crippen molar-refractivity contribution in [3.05, 3.63) is 35.9 Å². The maximum Gasteiger partial charge on any atom is 0.318 e. The standard InChI is InChI=1S/C18H28N2O2/c1-2-16-11-6-7-13-20(16)18(22)19-17(12-8-14-21)15-9-4-3-5-10-15/h3-5,9-10,16-17,21H,2,6-8,11-14H2,1H3,(H,19,22). The van der Waals surface area contributed by atoms with E-state index in [1.54, 1.807) is 0 Å². The Kier molecular flexibility index (Phi) is 6.72. The van der Waals surface area contributed by atoms with Crippen LogP contribution in [-0.2, 0) is 0 Å². The minimum Gasteiger partial charge on any atom is -0.396 e. The number of carbonyl (C=O) groups excluding carboxylic acids is 1. The van der Waals surface area contributed by atoms with Gasteiger partial charge in [-0.15, -0.1) is 0 Å². The highest BCUT2D eigenvalue weighted by atomic mass is 16.3. The monoisotopic (exact) mass is 304 g/mol. The average Bonchev–Trinajstić information content (AvgIpc) is 2.59. The number of rotatable bonds is 6.